The van der Waals surface area contributed by atoms with E-state index in [0.29, 0.717) is 11.7 Å². The van der Waals surface area contributed by atoms with Crippen LogP contribution >= 0.6 is 0 Å². The number of hydrogen-bond acceptors (Lipinski definition) is 3. The maximum Gasteiger partial charge on any atom is 0.255 e. The molecule has 1 aromatic rings. The Morgan fingerprint density at radius 3 is 2.42 bits per heavy atom. The van der Waals surface area contributed by atoms with Crippen LogP contribution in [0, 0.1) is 5.92 Å². The van der Waals surface area contributed by atoms with Gasteiger partial charge in [0, 0.05) is 12.1 Å². The highest BCUT2D eigenvalue weighted by Crippen LogP contribution is 2.13. The maximum absolute atomic E-state index is 11.9. The number of ether oxygens (including phenoxy) is 1. The number of carbonyl (C=O) groups excluding carboxylic acids is 2. The van der Waals surface area contributed by atoms with Gasteiger partial charge in [0.2, 0.25) is 5.91 Å². The molecule has 0 bridgehead atoms. The van der Waals surface area contributed by atoms with Crippen LogP contribution in [0.15, 0.2) is 30.3 Å². The van der Waals surface area contributed by atoms with E-state index < -0.39 is 5.91 Å². The van der Waals surface area contributed by atoms with Crippen molar-refractivity contribution in [3.8, 4) is 5.75 Å². The van der Waals surface area contributed by atoms with Crippen LogP contribution in [0.3, 0.4) is 0 Å². The molecular formula is C19H28N2O3. The Morgan fingerprint density at radius 1 is 1.17 bits per heavy atom. The zero-order valence-electron chi connectivity index (χ0n) is 14.7. The Balaban J connectivity index is 2.39. The largest absolute Gasteiger partial charge is 0.484 e. The number of amides is 2. The summed E-state index contributed by atoms with van der Waals surface area (Å²) in [6.45, 7) is 6.29. The maximum atomic E-state index is 11.9. The average molecular weight is 332 g/mol. The number of hydrogen-bond donors (Lipinski definition) is 2. The zero-order chi connectivity index (χ0) is 17.9. The van der Waals surface area contributed by atoms with E-state index >= 15 is 0 Å². The molecule has 5 nitrogen and oxygen atoms in total. The summed E-state index contributed by atoms with van der Waals surface area (Å²) in [4.78, 5) is 22.5. The third-order valence-corrected chi connectivity index (χ3v) is 3.50. The van der Waals surface area contributed by atoms with Gasteiger partial charge in [-0.1, -0.05) is 38.8 Å². The van der Waals surface area contributed by atoms with Crippen LogP contribution in [0.1, 0.15) is 45.6 Å². The third-order valence-electron chi connectivity index (χ3n) is 3.50. The summed E-state index contributed by atoms with van der Waals surface area (Å²) >= 11 is 0. The first kappa shape index (κ1) is 19.7. The van der Waals surface area contributed by atoms with E-state index in [2.05, 4.69) is 19.2 Å². The number of benzene rings is 1. The summed E-state index contributed by atoms with van der Waals surface area (Å²) in [5.74, 6) is 0.649. The van der Waals surface area contributed by atoms with Crippen LogP contribution in [0.4, 0.5) is 0 Å². The van der Waals surface area contributed by atoms with E-state index in [1.165, 1.54) is 12.5 Å². The lowest BCUT2D eigenvalue weighted by Crippen LogP contribution is -2.31. The fourth-order valence-electron chi connectivity index (χ4n) is 2.20. The van der Waals surface area contributed by atoms with E-state index in [1.54, 1.807) is 18.2 Å². The Morgan fingerprint density at radius 2 is 1.83 bits per heavy atom. The van der Waals surface area contributed by atoms with E-state index in [9.17, 15) is 9.59 Å². The molecule has 1 aromatic carbocycles. The molecule has 2 amide bonds. The van der Waals surface area contributed by atoms with Crippen molar-refractivity contribution in [1.82, 2.24) is 5.32 Å². The van der Waals surface area contributed by atoms with Gasteiger partial charge in [-0.25, -0.2) is 0 Å². The lowest BCUT2D eigenvalue weighted by molar-refractivity contribution is -0.120. The zero-order valence-corrected chi connectivity index (χ0v) is 14.7. The van der Waals surface area contributed by atoms with Crippen molar-refractivity contribution >= 4 is 17.9 Å². The molecular weight excluding hydrogens is 304 g/mol. The van der Waals surface area contributed by atoms with Crippen LogP contribution < -0.4 is 15.8 Å². The molecule has 0 saturated carbocycles. The molecule has 0 aliphatic rings. The van der Waals surface area contributed by atoms with E-state index in [0.717, 1.165) is 18.4 Å². The monoisotopic (exact) mass is 332 g/mol. The van der Waals surface area contributed by atoms with Gasteiger partial charge in [0.15, 0.2) is 6.61 Å². The Bertz CT molecular complexity index is 550. The van der Waals surface area contributed by atoms with Crippen molar-refractivity contribution in [2.24, 2.45) is 11.7 Å². The fraction of sp³-hybridized carbons (Fsp3) is 0.474. The smallest absolute Gasteiger partial charge is 0.255 e. The van der Waals surface area contributed by atoms with Crippen LogP contribution in [-0.2, 0) is 9.59 Å². The highest BCUT2D eigenvalue weighted by molar-refractivity contribution is 5.91. The van der Waals surface area contributed by atoms with Gasteiger partial charge in [-0.05, 0) is 43.0 Å². The summed E-state index contributed by atoms with van der Waals surface area (Å²) in [5.41, 5.74) is 5.90. The van der Waals surface area contributed by atoms with Crippen molar-refractivity contribution in [2.75, 3.05) is 6.61 Å². The molecule has 0 spiro atoms. The SMILES string of the molecule is CC(C)CCCC(C)NC(=O)/C=C/c1ccc(OCC(N)=O)cc1. The number of rotatable bonds is 10. The standard InChI is InChI=1S/C19H28N2O3/c1-14(2)5-4-6-15(3)21-19(23)12-9-16-7-10-17(11-8-16)24-13-18(20)22/h7-12,14-15H,4-6,13H2,1-3H3,(H2,20,22)(H,21,23)/b12-9+. The van der Waals surface area contributed by atoms with Gasteiger partial charge < -0.3 is 15.8 Å². The molecule has 3 N–H and O–H groups in total. The molecule has 1 atom stereocenters. The molecule has 1 unspecified atom stereocenters. The number of nitrogens with two attached hydrogens (primary N) is 1. The molecule has 0 radical (unpaired) electrons. The fourth-order valence-corrected chi connectivity index (χ4v) is 2.20. The van der Waals surface area contributed by atoms with Crippen LogP contribution in [-0.4, -0.2) is 24.5 Å². The Kier molecular flexibility index (Phi) is 8.61. The predicted molar refractivity (Wildman–Crippen MR) is 96.5 cm³/mol. The minimum absolute atomic E-state index is 0.0962. The molecule has 0 aliphatic heterocycles. The van der Waals surface area contributed by atoms with Crippen molar-refractivity contribution < 1.29 is 14.3 Å². The summed E-state index contributed by atoms with van der Waals surface area (Å²) in [6.07, 6.45) is 6.56. The van der Waals surface area contributed by atoms with Crippen molar-refractivity contribution in [2.45, 2.75) is 46.1 Å². The van der Waals surface area contributed by atoms with Crippen molar-refractivity contribution in [3.63, 3.8) is 0 Å². The first-order valence-electron chi connectivity index (χ1n) is 8.36. The molecule has 0 fully saturated rings. The van der Waals surface area contributed by atoms with Gasteiger partial charge in [-0.15, -0.1) is 0 Å². The summed E-state index contributed by atoms with van der Waals surface area (Å²) in [5, 5.41) is 2.97. The molecule has 0 aromatic heterocycles. The number of carbonyl (C=O) groups is 2. The van der Waals surface area contributed by atoms with Crippen LogP contribution in [0.25, 0.3) is 6.08 Å². The first-order chi connectivity index (χ1) is 11.4. The van der Waals surface area contributed by atoms with Gasteiger partial charge in [-0.2, -0.15) is 0 Å². The van der Waals surface area contributed by atoms with Gasteiger partial charge >= 0.3 is 0 Å². The highest BCUT2D eigenvalue weighted by Gasteiger charge is 2.05. The summed E-state index contributed by atoms with van der Waals surface area (Å²) in [6, 6.07) is 7.26. The first-order valence-corrected chi connectivity index (χ1v) is 8.36. The van der Waals surface area contributed by atoms with Gasteiger partial charge in [0.1, 0.15) is 5.75 Å². The second kappa shape index (κ2) is 10.5. The molecule has 0 aliphatic carbocycles. The molecule has 0 saturated heterocycles. The molecule has 0 heterocycles. The second-order valence-corrected chi connectivity index (χ2v) is 6.39. The van der Waals surface area contributed by atoms with Gasteiger partial charge in [0.05, 0.1) is 0 Å². The van der Waals surface area contributed by atoms with Crippen molar-refractivity contribution in [1.29, 1.82) is 0 Å². The van der Waals surface area contributed by atoms with Crippen molar-refractivity contribution in [3.05, 3.63) is 35.9 Å². The minimum atomic E-state index is -0.516. The van der Waals surface area contributed by atoms with Gasteiger partial charge in [0.25, 0.3) is 5.91 Å². The lowest BCUT2D eigenvalue weighted by Gasteiger charge is -2.13. The molecule has 1 rings (SSSR count). The van der Waals surface area contributed by atoms with E-state index in [4.69, 9.17) is 10.5 Å². The van der Waals surface area contributed by atoms with Crippen LogP contribution in [0.5, 0.6) is 5.75 Å². The van der Waals surface area contributed by atoms with E-state index in [1.807, 2.05) is 19.1 Å². The summed E-state index contributed by atoms with van der Waals surface area (Å²) < 4.78 is 5.18. The quantitative estimate of drug-likeness (QED) is 0.646. The topological polar surface area (TPSA) is 81.4 Å². The highest BCUT2D eigenvalue weighted by atomic mass is 16.5. The predicted octanol–water partition coefficient (Wildman–Crippen LogP) is 2.89. The second-order valence-electron chi connectivity index (χ2n) is 6.39. The summed E-state index contributed by atoms with van der Waals surface area (Å²) in [7, 11) is 0. The van der Waals surface area contributed by atoms with E-state index in [-0.39, 0.29) is 18.6 Å². The molecule has 5 heteroatoms. The average Bonchev–Trinajstić information content (AvgIpc) is 2.51. The van der Waals surface area contributed by atoms with Crippen LogP contribution in [0.2, 0.25) is 0 Å². The lowest BCUT2D eigenvalue weighted by atomic mass is 10.0. The van der Waals surface area contributed by atoms with Gasteiger partial charge in [-0.3, -0.25) is 9.59 Å². The Labute approximate surface area is 144 Å². The Hall–Kier alpha value is -2.30. The minimum Gasteiger partial charge on any atom is -0.484 e. The molecule has 24 heavy (non-hydrogen) atoms. The third kappa shape index (κ3) is 8.98. The normalized spacial score (nSPS) is 12.3. The number of nitrogens with one attached hydrogen (secondary N) is 1. The number of primary amides is 1. The molecule has 132 valence electrons.